The summed E-state index contributed by atoms with van der Waals surface area (Å²) in [6, 6.07) is 3.78. The molecule has 0 aromatic carbocycles. The third kappa shape index (κ3) is 3.08. The highest BCUT2D eigenvalue weighted by molar-refractivity contribution is 5.71. The Balaban J connectivity index is 1.88. The van der Waals surface area contributed by atoms with Gasteiger partial charge in [-0.1, -0.05) is 12.2 Å². The van der Waals surface area contributed by atoms with Crippen molar-refractivity contribution in [3.63, 3.8) is 0 Å². The summed E-state index contributed by atoms with van der Waals surface area (Å²) in [7, 11) is 0. The summed E-state index contributed by atoms with van der Waals surface area (Å²) < 4.78 is 5.51. The number of ether oxygens (including phenoxy) is 1. The average molecular weight is 336 g/mol. The number of nitriles is 1. The topological polar surface area (TPSA) is 70.6 Å². The van der Waals surface area contributed by atoms with Crippen molar-refractivity contribution in [1.82, 2.24) is 9.88 Å². The molecule has 1 aromatic rings. The van der Waals surface area contributed by atoms with Crippen molar-refractivity contribution in [3.8, 4) is 6.07 Å². The molecule has 1 fully saturated rings. The van der Waals surface area contributed by atoms with E-state index in [4.69, 9.17) is 11.3 Å². The molecule has 3 rings (SSSR count). The van der Waals surface area contributed by atoms with Crippen molar-refractivity contribution in [2.75, 3.05) is 0 Å². The van der Waals surface area contributed by atoms with E-state index in [1.54, 1.807) is 17.2 Å². The van der Waals surface area contributed by atoms with Gasteiger partial charge >= 0.3 is 6.09 Å². The van der Waals surface area contributed by atoms with E-state index in [1.165, 1.54) is 6.20 Å². The molecule has 1 saturated heterocycles. The maximum absolute atomic E-state index is 12.5. The zero-order chi connectivity index (χ0) is 18.2. The van der Waals surface area contributed by atoms with E-state index < -0.39 is 11.0 Å². The van der Waals surface area contributed by atoms with Gasteiger partial charge in [0, 0.05) is 12.4 Å². The van der Waals surface area contributed by atoms with E-state index in [2.05, 4.69) is 15.9 Å². The smallest absolute Gasteiger partial charge is 0.411 e. The number of pyridine rings is 1. The van der Waals surface area contributed by atoms with Gasteiger partial charge in [0.25, 0.3) is 0 Å². The molecular formula is C19H20N4O2. The van der Waals surface area contributed by atoms with E-state index in [0.29, 0.717) is 18.5 Å². The highest BCUT2D eigenvalue weighted by atomic mass is 16.6. The summed E-state index contributed by atoms with van der Waals surface area (Å²) in [5, 5.41) is 9.92. The molecule has 0 radical (unpaired) electrons. The Kier molecular flexibility index (Phi) is 4.00. The Morgan fingerprint density at radius 2 is 2.04 bits per heavy atom. The monoisotopic (exact) mass is 336 g/mol. The van der Waals surface area contributed by atoms with Crippen LogP contribution in [0.5, 0.6) is 0 Å². The SMILES string of the molecule is [C-]#[N+]c1cncc(C2(C#N)C[C@H]3C=C[C@@H](C2)N3C(=O)OC(C)(C)C)c1. The second kappa shape index (κ2) is 5.89. The van der Waals surface area contributed by atoms with E-state index in [1.807, 2.05) is 32.9 Å². The van der Waals surface area contributed by atoms with Crippen molar-refractivity contribution in [1.29, 1.82) is 5.26 Å². The summed E-state index contributed by atoms with van der Waals surface area (Å²) in [6.07, 6.45) is 7.68. The lowest BCUT2D eigenvalue weighted by Gasteiger charge is -2.43. The number of hydrogen-bond acceptors (Lipinski definition) is 4. The zero-order valence-electron chi connectivity index (χ0n) is 14.6. The van der Waals surface area contributed by atoms with Gasteiger partial charge in [-0.05, 0) is 45.2 Å². The predicted octanol–water partition coefficient (Wildman–Crippen LogP) is 3.73. The van der Waals surface area contributed by atoms with Crippen LogP contribution in [0.1, 0.15) is 39.2 Å². The van der Waals surface area contributed by atoms with E-state index in [9.17, 15) is 10.1 Å². The molecule has 25 heavy (non-hydrogen) atoms. The van der Waals surface area contributed by atoms with Gasteiger partial charge in [0.1, 0.15) is 5.60 Å². The number of carbonyl (C=O) groups is 1. The largest absolute Gasteiger partial charge is 0.444 e. The fourth-order valence-corrected chi connectivity index (χ4v) is 3.55. The Labute approximate surface area is 147 Å². The summed E-state index contributed by atoms with van der Waals surface area (Å²) in [5.74, 6) is 0. The molecule has 0 spiro atoms. The number of rotatable bonds is 1. The van der Waals surface area contributed by atoms with Crippen LogP contribution in [0, 0.1) is 17.9 Å². The van der Waals surface area contributed by atoms with Gasteiger partial charge in [0.05, 0.1) is 30.1 Å². The number of fused-ring (bicyclic) bond motifs is 2. The summed E-state index contributed by atoms with van der Waals surface area (Å²) in [6.45, 7) is 12.7. The first kappa shape index (κ1) is 17.0. The lowest BCUT2D eigenvalue weighted by atomic mass is 9.71. The number of hydrogen-bond donors (Lipinski definition) is 0. The van der Waals surface area contributed by atoms with Crippen LogP contribution in [-0.2, 0) is 10.2 Å². The summed E-state index contributed by atoms with van der Waals surface area (Å²) >= 11 is 0. The number of carbonyl (C=O) groups excluding carboxylic acids is 1. The van der Waals surface area contributed by atoms with Gasteiger partial charge in [0.2, 0.25) is 5.69 Å². The Morgan fingerprint density at radius 1 is 1.40 bits per heavy atom. The van der Waals surface area contributed by atoms with Crippen LogP contribution in [0.2, 0.25) is 0 Å². The molecule has 0 aliphatic carbocycles. The lowest BCUT2D eigenvalue weighted by molar-refractivity contribution is 0.00563. The fraction of sp³-hybridized carbons (Fsp3) is 0.474. The zero-order valence-corrected chi connectivity index (χ0v) is 14.6. The van der Waals surface area contributed by atoms with Crippen molar-refractivity contribution in [3.05, 3.63) is 47.6 Å². The highest BCUT2D eigenvalue weighted by Crippen LogP contribution is 2.45. The van der Waals surface area contributed by atoms with Crippen LogP contribution in [0.4, 0.5) is 10.5 Å². The molecule has 2 aliphatic heterocycles. The third-order valence-corrected chi connectivity index (χ3v) is 4.61. The molecule has 2 bridgehead atoms. The second-order valence-corrected chi connectivity index (χ2v) is 7.55. The first-order chi connectivity index (χ1) is 11.8. The third-order valence-electron chi connectivity index (χ3n) is 4.61. The Morgan fingerprint density at radius 3 is 2.56 bits per heavy atom. The number of nitrogens with zero attached hydrogens (tertiary/aromatic N) is 4. The van der Waals surface area contributed by atoms with Crippen LogP contribution in [-0.4, -0.2) is 33.7 Å². The van der Waals surface area contributed by atoms with Gasteiger partial charge in [-0.2, -0.15) is 5.26 Å². The van der Waals surface area contributed by atoms with Gasteiger partial charge in [-0.25, -0.2) is 9.64 Å². The minimum absolute atomic E-state index is 0.190. The van der Waals surface area contributed by atoms with Crippen LogP contribution in [0.25, 0.3) is 4.85 Å². The van der Waals surface area contributed by atoms with Gasteiger partial charge in [-0.3, -0.25) is 9.88 Å². The maximum Gasteiger partial charge on any atom is 0.411 e. The van der Waals surface area contributed by atoms with Crippen molar-refractivity contribution >= 4 is 11.8 Å². The quantitative estimate of drug-likeness (QED) is 0.579. The maximum atomic E-state index is 12.5. The first-order valence-corrected chi connectivity index (χ1v) is 8.22. The van der Waals surface area contributed by atoms with Crippen LogP contribution in [0.15, 0.2) is 30.6 Å². The lowest BCUT2D eigenvalue weighted by Crippen LogP contribution is -2.53. The molecule has 6 heteroatoms. The minimum Gasteiger partial charge on any atom is -0.444 e. The Hall–Kier alpha value is -2.86. The molecule has 1 amide bonds. The van der Waals surface area contributed by atoms with E-state index in [0.717, 1.165) is 5.56 Å². The molecule has 2 aliphatic rings. The molecule has 3 atom stereocenters. The average Bonchev–Trinajstić information content (AvgIpc) is 2.85. The number of aromatic nitrogens is 1. The summed E-state index contributed by atoms with van der Waals surface area (Å²) in [5.41, 5.74) is -0.160. The molecule has 6 nitrogen and oxygen atoms in total. The van der Waals surface area contributed by atoms with Crippen molar-refractivity contribution in [2.24, 2.45) is 0 Å². The first-order valence-electron chi connectivity index (χ1n) is 8.22. The van der Waals surface area contributed by atoms with E-state index in [-0.39, 0.29) is 18.2 Å². The van der Waals surface area contributed by atoms with Gasteiger partial charge < -0.3 is 4.74 Å². The van der Waals surface area contributed by atoms with Crippen LogP contribution in [0.3, 0.4) is 0 Å². The predicted molar refractivity (Wildman–Crippen MR) is 91.8 cm³/mol. The molecule has 128 valence electrons. The molecule has 3 heterocycles. The van der Waals surface area contributed by atoms with Crippen molar-refractivity contribution < 1.29 is 9.53 Å². The molecular weight excluding hydrogens is 316 g/mol. The normalized spacial score (nSPS) is 27.5. The fourth-order valence-electron chi connectivity index (χ4n) is 3.55. The second-order valence-electron chi connectivity index (χ2n) is 7.55. The highest BCUT2D eigenvalue weighted by Gasteiger charge is 2.50. The summed E-state index contributed by atoms with van der Waals surface area (Å²) in [4.78, 5) is 21.8. The molecule has 0 saturated carbocycles. The van der Waals surface area contributed by atoms with Crippen LogP contribution < -0.4 is 0 Å². The van der Waals surface area contributed by atoms with Gasteiger partial charge in [0.15, 0.2) is 0 Å². The van der Waals surface area contributed by atoms with Crippen molar-refractivity contribution in [2.45, 2.75) is 56.7 Å². The van der Waals surface area contributed by atoms with E-state index >= 15 is 0 Å². The molecule has 1 unspecified atom stereocenters. The molecule has 1 aromatic heterocycles. The minimum atomic E-state index is -0.759. The number of amides is 1. The van der Waals surface area contributed by atoms with Gasteiger partial charge in [-0.15, -0.1) is 0 Å². The van der Waals surface area contributed by atoms with Crippen LogP contribution >= 0.6 is 0 Å². The molecule has 0 N–H and O–H groups in total. The standard InChI is InChI=1S/C19H20N4O2/c1-18(2,3)25-17(24)23-15-5-6-16(23)9-19(8-15,12-20)13-7-14(21-4)11-22-10-13/h5-7,10-11,15-16H,8-9H2,1-3H3/t15-,16+,19?. The Bertz CT molecular complexity index is 794. The number of piperidine rings is 1.